The Morgan fingerprint density at radius 2 is 2.27 bits per heavy atom. The second kappa shape index (κ2) is 4.29. The van der Waals surface area contributed by atoms with Gasteiger partial charge in [-0.25, -0.2) is 10.2 Å². The van der Waals surface area contributed by atoms with E-state index in [0.717, 1.165) is 17.7 Å². The van der Waals surface area contributed by atoms with Gasteiger partial charge in [0.15, 0.2) is 0 Å². The molecule has 2 amide bonds. The van der Waals surface area contributed by atoms with E-state index in [0.29, 0.717) is 0 Å². The van der Waals surface area contributed by atoms with Crippen LogP contribution in [-0.4, -0.2) is 11.7 Å². The molecular weight excluding hydrogens is 190 g/mol. The van der Waals surface area contributed by atoms with Crippen LogP contribution in [0, 0.1) is 5.41 Å². The van der Waals surface area contributed by atoms with Gasteiger partial charge in [0, 0.05) is 6.42 Å². The van der Waals surface area contributed by atoms with Crippen molar-refractivity contribution in [1.82, 2.24) is 5.43 Å². The molecule has 0 aliphatic heterocycles. The molecule has 4 nitrogen and oxygen atoms in total. The van der Waals surface area contributed by atoms with Gasteiger partial charge in [-0.15, -0.1) is 0 Å². The first-order valence-corrected chi connectivity index (χ1v) is 4.89. The summed E-state index contributed by atoms with van der Waals surface area (Å²) in [6, 6.07) is -0.634. The zero-order valence-electron chi connectivity index (χ0n) is 9.37. The van der Waals surface area contributed by atoms with Gasteiger partial charge in [0.2, 0.25) is 0 Å². The van der Waals surface area contributed by atoms with Gasteiger partial charge in [0.05, 0.1) is 5.71 Å². The van der Waals surface area contributed by atoms with Crippen LogP contribution < -0.4 is 11.2 Å². The Kier molecular flexibility index (Phi) is 3.29. The van der Waals surface area contributed by atoms with Gasteiger partial charge in [-0.2, -0.15) is 5.10 Å². The summed E-state index contributed by atoms with van der Waals surface area (Å²) in [6.45, 7) is 6.21. The summed E-state index contributed by atoms with van der Waals surface area (Å²) in [7, 11) is 0. The topological polar surface area (TPSA) is 67.5 Å². The number of hydrogen-bond donors (Lipinski definition) is 2. The van der Waals surface area contributed by atoms with Gasteiger partial charge in [0.1, 0.15) is 0 Å². The molecular formula is C11H17N3O. The molecule has 0 aromatic heterocycles. The molecule has 4 heteroatoms. The quantitative estimate of drug-likeness (QED) is 0.634. The molecule has 0 atom stereocenters. The number of nitrogens with zero attached hydrogens (tertiary/aromatic N) is 1. The molecule has 0 radical (unpaired) electrons. The Hall–Kier alpha value is -1.58. The first kappa shape index (κ1) is 11.5. The van der Waals surface area contributed by atoms with E-state index < -0.39 is 6.03 Å². The lowest BCUT2D eigenvalue weighted by Gasteiger charge is -2.19. The maximum atomic E-state index is 10.6. The summed E-state index contributed by atoms with van der Waals surface area (Å²) >= 11 is 0. The minimum absolute atomic E-state index is 0.0480. The van der Waals surface area contributed by atoms with Crippen molar-refractivity contribution >= 4 is 11.7 Å². The van der Waals surface area contributed by atoms with E-state index in [1.165, 1.54) is 0 Å². The first-order valence-electron chi connectivity index (χ1n) is 4.89. The summed E-state index contributed by atoms with van der Waals surface area (Å²) in [5, 5.41) is 4.00. The third-order valence-corrected chi connectivity index (χ3v) is 2.27. The molecule has 1 aliphatic carbocycles. The Labute approximate surface area is 89.9 Å². The number of nitrogens with one attached hydrogen (secondary N) is 1. The fraction of sp³-hybridized carbons (Fsp3) is 0.455. The predicted octanol–water partition coefficient (Wildman–Crippen LogP) is 1.94. The van der Waals surface area contributed by atoms with Gasteiger partial charge in [-0.05, 0) is 17.9 Å². The van der Waals surface area contributed by atoms with Crippen LogP contribution in [0.4, 0.5) is 4.79 Å². The van der Waals surface area contributed by atoms with E-state index in [9.17, 15) is 4.79 Å². The number of urea groups is 1. The summed E-state index contributed by atoms with van der Waals surface area (Å²) in [4.78, 5) is 10.6. The van der Waals surface area contributed by atoms with Crippen molar-refractivity contribution in [1.29, 1.82) is 0 Å². The minimum Gasteiger partial charge on any atom is -0.350 e. The smallest absolute Gasteiger partial charge is 0.332 e. The monoisotopic (exact) mass is 207 g/mol. The van der Waals surface area contributed by atoms with Crippen molar-refractivity contribution in [2.45, 2.75) is 27.2 Å². The van der Waals surface area contributed by atoms with Crippen molar-refractivity contribution in [3.05, 3.63) is 23.8 Å². The number of amides is 2. The highest BCUT2D eigenvalue weighted by Crippen LogP contribution is 2.27. The number of primary amides is 1. The Morgan fingerprint density at radius 1 is 1.60 bits per heavy atom. The van der Waals surface area contributed by atoms with Gasteiger partial charge in [-0.3, -0.25) is 0 Å². The molecule has 3 N–H and O–H groups in total. The Bertz CT molecular complexity index is 351. The molecule has 0 saturated carbocycles. The first-order chi connectivity index (χ1) is 6.91. The average molecular weight is 207 g/mol. The molecule has 0 fully saturated rings. The van der Waals surface area contributed by atoms with Gasteiger partial charge < -0.3 is 5.73 Å². The van der Waals surface area contributed by atoms with Gasteiger partial charge >= 0.3 is 6.03 Å². The SMILES string of the molecule is CC1=CC=CC(C)(C)C/C1=N\NC(N)=O. The summed E-state index contributed by atoms with van der Waals surface area (Å²) in [5.74, 6) is 0. The standard InChI is InChI=1S/C11H17N3O/c1-8-5-4-6-11(2,3)7-9(8)13-14-10(12)15/h4-6H,7H2,1-3H3,(H3,12,14,15)/b13-9+. The maximum Gasteiger partial charge on any atom is 0.332 e. The normalized spacial score (nSPS) is 22.1. The predicted molar refractivity (Wildman–Crippen MR) is 61.4 cm³/mol. The van der Waals surface area contributed by atoms with Crippen LogP contribution in [0.2, 0.25) is 0 Å². The number of carbonyl (C=O) groups excluding carboxylic acids is 1. The highest BCUT2D eigenvalue weighted by Gasteiger charge is 2.20. The minimum atomic E-state index is -0.634. The second-order valence-corrected chi connectivity index (χ2v) is 4.41. The van der Waals surface area contributed by atoms with E-state index in [-0.39, 0.29) is 5.41 Å². The highest BCUT2D eigenvalue weighted by molar-refractivity contribution is 6.01. The highest BCUT2D eigenvalue weighted by atomic mass is 16.2. The van der Waals surface area contributed by atoms with Crippen LogP contribution in [0.3, 0.4) is 0 Å². The van der Waals surface area contributed by atoms with E-state index in [2.05, 4.69) is 30.5 Å². The number of allylic oxidation sites excluding steroid dienone is 4. The third-order valence-electron chi connectivity index (χ3n) is 2.27. The number of carbonyl (C=O) groups is 1. The van der Waals surface area contributed by atoms with Crippen molar-refractivity contribution in [3.8, 4) is 0 Å². The van der Waals surface area contributed by atoms with E-state index in [1.807, 2.05) is 19.1 Å². The molecule has 82 valence electrons. The van der Waals surface area contributed by atoms with Gasteiger partial charge in [-0.1, -0.05) is 32.1 Å². The molecule has 0 aromatic rings. The molecule has 15 heavy (non-hydrogen) atoms. The lowest BCUT2D eigenvalue weighted by molar-refractivity contribution is 0.249. The fourth-order valence-electron chi connectivity index (χ4n) is 1.43. The van der Waals surface area contributed by atoms with E-state index in [4.69, 9.17) is 5.73 Å². The molecule has 1 aliphatic rings. The fourth-order valence-corrected chi connectivity index (χ4v) is 1.43. The molecule has 0 bridgehead atoms. The zero-order chi connectivity index (χ0) is 11.5. The molecule has 0 aromatic carbocycles. The number of hydrazone groups is 1. The van der Waals surface area contributed by atoms with Crippen LogP contribution in [-0.2, 0) is 0 Å². The van der Waals surface area contributed by atoms with Crippen LogP contribution >= 0.6 is 0 Å². The molecule has 1 rings (SSSR count). The molecule has 0 unspecified atom stereocenters. The number of rotatable bonds is 1. The van der Waals surface area contributed by atoms with Crippen LogP contribution in [0.5, 0.6) is 0 Å². The number of hydrogen-bond acceptors (Lipinski definition) is 2. The molecule has 0 heterocycles. The summed E-state index contributed by atoms with van der Waals surface area (Å²) in [5.41, 5.74) is 9.20. The summed E-state index contributed by atoms with van der Waals surface area (Å²) < 4.78 is 0. The van der Waals surface area contributed by atoms with Crippen molar-refractivity contribution in [2.75, 3.05) is 0 Å². The van der Waals surface area contributed by atoms with E-state index >= 15 is 0 Å². The lowest BCUT2D eigenvalue weighted by atomic mass is 9.87. The Balaban J connectivity index is 2.87. The largest absolute Gasteiger partial charge is 0.350 e. The second-order valence-electron chi connectivity index (χ2n) is 4.41. The van der Waals surface area contributed by atoms with Crippen LogP contribution in [0.25, 0.3) is 0 Å². The van der Waals surface area contributed by atoms with Crippen molar-refractivity contribution < 1.29 is 4.79 Å². The molecule has 0 spiro atoms. The lowest BCUT2D eigenvalue weighted by Crippen LogP contribution is -2.27. The number of nitrogens with two attached hydrogens (primary N) is 1. The van der Waals surface area contributed by atoms with Crippen molar-refractivity contribution in [2.24, 2.45) is 16.3 Å². The van der Waals surface area contributed by atoms with Gasteiger partial charge in [0.25, 0.3) is 0 Å². The Morgan fingerprint density at radius 3 is 2.87 bits per heavy atom. The third kappa shape index (κ3) is 3.58. The van der Waals surface area contributed by atoms with E-state index in [1.54, 1.807) is 0 Å². The van der Waals surface area contributed by atoms with Crippen molar-refractivity contribution in [3.63, 3.8) is 0 Å². The summed E-state index contributed by atoms with van der Waals surface area (Å²) in [6.07, 6.45) is 6.91. The zero-order valence-corrected chi connectivity index (χ0v) is 9.37. The average Bonchev–Trinajstić information content (AvgIpc) is 2.22. The maximum absolute atomic E-state index is 10.6. The van der Waals surface area contributed by atoms with Crippen LogP contribution in [0.15, 0.2) is 28.9 Å². The molecule has 0 saturated heterocycles. The van der Waals surface area contributed by atoms with Crippen LogP contribution in [0.1, 0.15) is 27.2 Å².